The van der Waals surface area contributed by atoms with Gasteiger partial charge in [-0.2, -0.15) is 0 Å². The lowest BCUT2D eigenvalue weighted by Gasteiger charge is -2.13. The van der Waals surface area contributed by atoms with Gasteiger partial charge in [0.05, 0.1) is 30.7 Å². The number of amides is 1. The summed E-state index contributed by atoms with van der Waals surface area (Å²) in [7, 11) is 1.49. The van der Waals surface area contributed by atoms with Gasteiger partial charge in [0.1, 0.15) is 0 Å². The van der Waals surface area contributed by atoms with Crippen LogP contribution in [0.25, 0.3) is 0 Å². The molecule has 1 aromatic heterocycles. The topological polar surface area (TPSA) is 90.9 Å². The number of benzene rings is 1. The molecule has 0 saturated carbocycles. The molecule has 0 aliphatic carbocycles. The molecule has 1 N–H and O–H groups in total. The molecule has 0 aliphatic heterocycles. The largest absolute Gasteiger partial charge is 0.493 e. The quantitative estimate of drug-likeness (QED) is 0.468. The minimum absolute atomic E-state index is 0.142. The van der Waals surface area contributed by atoms with Crippen LogP contribution in [-0.2, 0) is 16.1 Å². The molecule has 2 aromatic rings. The normalized spacial score (nSPS) is 10.5. The Hall–Kier alpha value is -2.87. The van der Waals surface area contributed by atoms with Crippen LogP contribution in [0, 0.1) is 5.92 Å². The highest BCUT2D eigenvalue weighted by Gasteiger charge is 2.16. The summed E-state index contributed by atoms with van der Waals surface area (Å²) in [5, 5.41) is 2.67. The second-order valence-electron chi connectivity index (χ2n) is 6.75. The minimum Gasteiger partial charge on any atom is -0.493 e. The third-order valence-corrected chi connectivity index (χ3v) is 4.88. The molecule has 8 heteroatoms. The first-order chi connectivity index (χ1) is 13.8. The van der Waals surface area contributed by atoms with Crippen LogP contribution in [0.2, 0.25) is 0 Å². The number of nitrogens with one attached hydrogen (secondary N) is 1. The van der Waals surface area contributed by atoms with Gasteiger partial charge in [-0.25, -0.2) is 4.79 Å². The zero-order valence-corrected chi connectivity index (χ0v) is 17.8. The Morgan fingerprint density at radius 1 is 1.10 bits per heavy atom. The maximum Gasteiger partial charge on any atom is 0.338 e. The Kier molecular flexibility index (Phi) is 8.21. The Morgan fingerprint density at radius 2 is 1.86 bits per heavy atom. The predicted molar refractivity (Wildman–Crippen MR) is 110 cm³/mol. The highest BCUT2D eigenvalue weighted by atomic mass is 32.1. The van der Waals surface area contributed by atoms with Gasteiger partial charge >= 0.3 is 5.97 Å². The lowest BCUT2D eigenvalue weighted by Crippen LogP contribution is -2.18. The van der Waals surface area contributed by atoms with Gasteiger partial charge in [-0.3, -0.25) is 9.59 Å². The second kappa shape index (κ2) is 10.6. The molecule has 0 atom stereocenters. The number of methoxy groups -OCH3 is 1. The molecule has 7 nitrogen and oxygen atoms in total. The zero-order valence-electron chi connectivity index (χ0n) is 16.9. The number of carbonyl (C=O) groups is 3. The van der Waals surface area contributed by atoms with Gasteiger partial charge in [0, 0.05) is 11.8 Å². The van der Waals surface area contributed by atoms with Crippen molar-refractivity contribution in [1.82, 2.24) is 5.32 Å². The third kappa shape index (κ3) is 6.90. The van der Waals surface area contributed by atoms with E-state index in [1.54, 1.807) is 24.3 Å². The van der Waals surface area contributed by atoms with Crippen LogP contribution in [0.15, 0.2) is 30.3 Å². The minimum atomic E-state index is -0.623. The van der Waals surface area contributed by atoms with Crippen molar-refractivity contribution in [2.24, 2.45) is 5.92 Å². The molecule has 0 radical (unpaired) electrons. The lowest BCUT2D eigenvalue weighted by atomic mass is 10.2. The average molecular weight is 419 g/mol. The lowest BCUT2D eigenvalue weighted by molar-refractivity contribution is -0.119. The van der Waals surface area contributed by atoms with E-state index >= 15 is 0 Å². The monoisotopic (exact) mass is 419 g/mol. The van der Waals surface area contributed by atoms with E-state index in [0.717, 1.165) is 4.88 Å². The summed E-state index contributed by atoms with van der Waals surface area (Å²) in [6.07, 6.45) is 0. The molecule has 1 aromatic carbocycles. The summed E-state index contributed by atoms with van der Waals surface area (Å²) in [6.45, 7) is 6.01. The van der Waals surface area contributed by atoms with Crippen molar-refractivity contribution in [2.45, 2.75) is 27.3 Å². The van der Waals surface area contributed by atoms with Gasteiger partial charge in [-0.05, 0) is 36.2 Å². The van der Waals surface area contributed by atoms with Crippen molar-refractivity contribution in [3.8, 4) is 11.5 Å². The standard InChI is InChI=1S/C21H25NO6S/c1-13(2)11-27-18-7-5-15(9-19(18)26-4)21(25)28-12-17(24)20-8-6-16(29-20)10-22-14(3)23/h5-9,13H,10-12H2,1-4H3,(H,22,23). The number of esters is 1. The summed E-state index contributed by atoms with van der Waals surface area (Å²) in [4.78, 5) is 36.8. The summed E-state index contributed by atoms with van der Waals surface area (Å²) in [5.74, 6) is 0.248. The highest BCUT2D eigenvalue weighted by Crippen LogP contribution is 2.29. The van der Waals surface area contributed by atoms with Crippen molar-refractivity contribution in [2.75, 3.05) is 20.3 Å². The molecular weight excluding hydrogens is 394 g/mol. The summed E-state index contributed by atoms with van der Waals surface area (Å²) < 4.78 is 16.1. The number of carbonyl (C=O) groups excluding carboxylic acids is 3. The average Bonchev–Trinajstić information content (AvgIpc) is 3.17. The molecule has 2 rings (SSSR count). The van der Waals surface area contributed by atoms with E-state index in [0.29, 0.717) is 35.4 Å². The van der Waals surface area contributed by atoms with Gasteiger partial charge in [-0.15, -0.1) is 11.3 Å². The molecule has 0 bridgehead atoms. The fourth-order valence-corrected chi connectivity index (χ4v) is 3.16. The highest BCUT2D eigenvalue weighted by molar-refractivity contribution is 7.14. The number of ether oxygens (including phenoxy) is 3. The van der Waals surface area contributed by atoms with Crippen LogP contribution in [-0.4, -0.2) is 38.0 Å². The summed E-state index contributed by atoms with van der Waals surface area (Å²) in [5.41, 5.74) is 0.268. The van der Waals surface area contributed by atoms with Crippen molar-refractivity contribution in [1.29, 1.82) is 0 Å². The fraction of sp³-hybridized carbons (Fsp3) is 0.381. The van der Waals surface area contributed by atoms with E-state index in [1.807, 2.05) is 13.8 Å². The molecule has 29 heavy (non-hydrogen) atoms. The second-order valence-corrected chi connectivity index (χ2v) is 7.91. The zero-order chi connectivity index (χ0) is 21.4. The maximum absolute atomic E-state index is 12.3. The van der Waals surface area contributed by atoms with Crippen LogP contribution >= 0.6 is 11.3 Å². The molecular formula is C21H25NO6S. The summed E-state index contributed by atoms with van der Waals surface area (Å²) >= 11 is 1.25. The molecule has 1 amide bonds. The van der Waals surface area contributed by atoms with Crippen LogP contribution in [0.1, 0.15) is 45.7 Å². The van der Waals surface area contributed by atoms with E-state index in [4.69, 9.17) is 14.2 Å². The predicted octanol–water partition coefficient (Wildman–Crippen LogP) is 3.47. The Bertz CT molecular complexity index is 874. The first-order valence-electron chi connectivity index (χ1n) is 9.14. The van der Waals surface area contributed by atoms with Crippen LogP contribution < -0.4 is 14.8 Å². The molecule has 0 aliphatic rings. The number of ketones is 1. The van der Waals surface area contributed by atoms with Crippen LogP contribution in [0.5, 0.6) is 11.5 Å². The molecule has 0 fully saturated rings. The van der Waals surface area contributed by atoms with Crippen molar-refractivity contribution < 1.29 is 28.6 Å². The number of Topliss-reactive ketones (excluding diaryl/α,β-unsaturated/α-hetero) is 1. The van der Waals surface area contributed by atoms with Crippen LogP contribution in [0.3, 0.4) is 0 Å². The van der Waals surface area contributed by atoms with Gasteiger partial charge in [-0.1, -0.05) is 13.8 Å². The van der Waals surface area contributed by atoms with Crippen molar-refractivity contribution in [3.05, 3.63) is 45.6 Å². The molecule has 156 valence electrons. The van der Waals surface area contributed by atoms with Crippen molar-refractivity contribution >= 4 is 29.0 Å². The van der Waals surface area contributed by atoms with E-state index < -0.39 is 5.97 Å². The Balaban J connectivity index is 1.94. The smallest absolute Gasteiger partial charge is 0.338 e. The number of hydrogen-bond acceptors (Lipinski definition) is 7. The third-order valence-electron chi connectivity index (χ3n) is 3.75. The van der Waals surface area contributed by atoms with E-state index in [2.05, 4.69) is 5.32 Å². The number of hydrogen-bond donors (Lipinski definition) is 1. The SMILES string of the molecule is COc1cc(C(=O)OCC(=O)c2ccc(CNC(C)=O)s2)ccc1OCC(C)C. The molecule has 0 unspecified atom stereocenters. The maximum atomic E-state index is 12.3. The van der Waals surface area contributed by atoms with Crippen LogP contribution in [0.4, 0.5) is 0 Å². The number of rotatable bonds is 10. The fourth-order valence-electron chi connectivity index (χ4n) is 2.29. The molecule has 1 heterocycles. The van der Waals surface area contributed by atoms with Gasteiger partial charge in [0.15, 0.2) is 18.1 Å². The molecule has 0 saturated heterocycles. The van der Waals surface area contributed by atoms with Crippen molar-refractivity contribution in [3.63, 3.8) is 0 Å². The number of thiophene rings is 1. The van der Waals surface area contributed by atoms with E-state index in [1.165, 1.54) is 31.4 Å². The van der Waals surface area contributed by atoms with Gasteiger partial charge < -0.3 is 19.5 Å². The van der Waals surface area contributed by atoms with Gasteiger partial charge in [0.25, 0.3) is 0 Å². The van der Waals surface area contributed by atoms with E-state index in [-0.39, 0.29) is 23.9 Å². The first kappa shape index (κ1) is 22.4. The first-order valence-corrected chi connectivity index (χ1v) is 9.96. The summed E-state index contributed by atoms with van der Waals surface area (Å²) in [6, 6.07) is 8.16. The Labute approximate surface area is 174 Å². The van der Waals surface area contributed by atoms with E-state index in [9.17, 15) is 14.4 Å². The molecule has 0 spiro atoms. The Morgan fingerprint density at radius 3 is 2.52 bits per heavy atom. The van der Waals surface area contributed by atoms with Gasteiger partial charge in [0.2, 0.25) is 11.7 Å².